The minimum absolute atomic E-state index is 0.106. The summed E-state index contributed by atoms with van der Waals surface area (Å²) >= 11 is 0. The van der Waals surface area contributed by atoms with Crippen LogP contribution in [0.2, 0.25) is 0 Å². The Hall–Kier alpha value is -2.92. The molecule has 5 rings (SSSR count). The number of β-amino-alcohol motifs (C(OH)–C–C–N with tert-alkyl or cyclic N) is 1. The van der Waals surface area contributed by atoms with E-state index in [1.165, 1.54) is 12.0 Å². The third kappa shape index (κ3) is 5.84. The second-order valence-electron chi connectivity index (χ2n) is 9.29. The molecule has 0 aromatic carbocycles. The normalized spacial score (nSPS) is 17.7. The summed E-state index contributed by atoms with van der Waals surface area (Å²) in [5.41, 5.74) is 2.59. The van der Waals surface area contributed by atoms with Gasteiger partial charge in [0.25, 0.3) is 0 Å². The van der Waals surface area contributed by atoms with Gasteiger partial charge in [-0.3, -0.25) is 9.80 Å². The maximum absolute atomic E-state index is 9.67. The molecule has 186 valence electrons. The summed E-state index contributed by atoms with van der Waals surface area (Å²) in [5, 5.41) is 22.9. The van der Waals surface area contributed by atoms with E-state index in [2.05, 4.69) is 36.1 Å². The Morgan fingerprint density at radius 1 is 0.857 bits per heavy atom. The van der Waals surface area contributed by atoms with Crippen molar-refractivity contribution in [3.63, 3.8) is 0 Å². The molecule has 2 aliphatic heterocycles. The van der Waals surface area contributed by atoms with E-state index in [-0.39, 0.29) is 13.2 Å². The number of anilines is 3. The van der Waals surface area contributed by atoms with E-state index in [4.69, 9.17) is 15.1 Å². The summed E-state index contributed by atoms with van der Waals surface area (Å²) < 4.78 is 0. The number of aromatic nitrogens is 4. The van der Waals surface area contributed by atoms with Crippen molar-refractivity contribution in [3.8, 4) is 0 Å². The van der Waals surface area contributed by atoms with Crippen LogP contribution in [0, 0.1) is 0 Å². The van der Waals surface area contributed by atoms with E-state index in [0.717, 1.165) is 81.9 Å². The zero-order valence-electron chi connectivity index (χ0n) is 20.1. The Morgan fingerprint density at radius 2 is 1.66 bits per heavy atom. The number of pyridine rings is 2. The molecule has 3 aromatic rings. The molecule has 10 heteroatoms. The molecule has 3 aromatic heterocycles. The van der Waals surface area contributed by atoms with Crippen LogP contribution in [-0.2, 0) is 13.2 Å². The van der Waals surface area contributed by atoms with Gasteiger partial charge in [0.05, 0.1) is 18.9 Å². The molecule has 0 atom stereocenters. The van der Waals surface area contributed by atoms with Crippen LogP contribution in [0.3, 0.4) is 0 Å². The van der Waals surface area contributed by atoms with Gasteiger partial charge in [0.15, 0.2) is 5.82 Å². The number of fused-ring (bicyclic) bond motifs is 1. The summed E-state index contributed by atoms with van der Waals surface area (Å²) in [6, 6.07) is 5.90. The molecule has 2 aliphatic rings. The first-order chi connectivity index (χ1) is 17.2. The lowest BCUT2D eigenvalue weighted by Gasteiger charge is -2.34. The lowest BCUT2D eigenvalue weighted by molar-refractivity contribution is 0.108. The largest absolute Gasteiger partial charge is 0.395 e. The van der Waals surface area contributed by atoms with Crippen molar-refractivity contribution in [2.45, 2.75) is 32.4 Å². The van der Waals surface area contributed by atoms with Crippen molar-refractivity contribution < 1.29 is 10.2 Å². The smallest absolute Gasteiger partial charge is 0.229 e. The number of nitrogens with one attached hydrogen (secondary N) is 1. The van der Waals surface area contributed by atoms with Crippen LogP contribution in [0.1, 0.15) is 30.5 Å². The van der Waals surface area contributed by atoms with Gasteiger partial charge in [0.2, 0.25) is 5.95 Å². The molecular weight excluding hydrogens is 444 g/mol. The average molecular weight is 479 g/mol. The first-order valence-corrected chi connectivity index (χ1v) is 12.5. The van der Waals surface area contributed by atoms with Crippen LogP contribution < -0.4 is 10.2 Å². The number of hydrogen-bond acceptors (Lipinski definition) is 10. The van der Waals surface area contributed by atoms with E-state index in [0.29, 0.717) is 17.5 Å². The van der Waals surface area contributed by atoms with E-state index in [9.17, 15) is 5.11 Å². The molecule has 35 heavy (non-hydrogen) atoms. The Bertz CT molecular complexity index is 1110. The number of rotatable bonds is 8. The molecule has 0 unspecified atom stereocenters. The molecule has 10 nitrogen and oxygen atoms in total. The number of piperazine rings is 1. The number of aliphatic hydroxyl groups is 2. The molecule has 0 aliphatic carbocycles. The maximum atomic E-state index is 9.67. The van der Waals surface area contributed by atoms with Gasteiger partial charge in [-0.15, -0.1) is 0 Å². The lowest BCUT2D eigenvalue weighted by atomic mass is 10.1. The molecule has 0 saturated carbocycles. The number of hydrogen-bond donors (Lipinski definition) is 3. The van der Waals surface area contributed by atoms with Gasteiger partial charge in [-0.25, -0.2) is 19.9 Å². The highest BCUT2D eigenvalue weighted by Gasteiger charge is 2.19. The Balaban J connectivity index is 1.28. The quantitative estimate of drug-likeness (QED) is 0.442. The first-order valence-electron chi connectivity index (χ1n) is 12.5. The Kier molecular flexibility index (Phi) is 7.63. The van der Waals surface area contributed by atoms with E-state index in [1.807, 2.05) is 18.3 Å². The van der Waals surface area contributed by atoms with Gasteiger partial charge in [-0.2, -0.15) is 0 Å². The van der Waals surface area contributed by atoms with Crippen molar-refractivity contribution in [2.24, 2.45) is 0 Å². The number of piperidine rings is 1. The van der Waals surface area contributed by atoms with Crippen molar-refractivity contribution in [2.75, 3.05) is 62.6 Å². The van der Waals surface area contributed by atoms with Crippen LogP contribution in [0.5, 0.6) is 0 Å². The maximum Gasteiger partial charge on any atom is 0.229 e. The molecule has 2 saturated heterocycles. The first kappa shape index (κ1) is 23.8. The van der Waals surface area contributed by atoms with Crippen LogP contribution in [0.15, 0.2) is 30.6 Å². The summed E-state index contributed by atoms with van der Waals surface area (Å²) in [6.45, 7) is 7.60. The Morgan fingerprint density at radius 3 is 2.37 bits per heavy atom. The van der Waals surface area contributed by atoms with Gasteiger partial charge in [0, 0.05) is 70.1 Å². The Labute approximate surface area is 205 Å². The molecule has 2 fully saturated rings. The summed E-state index contributed by atoms with van der Waals surface area (Å²) in [5.74, 6) is 1.99. The predicted octanol–water partition coefficient (Wildman–Crippen LogP) is 1.76. The zero-order chi connectivity index (χ0) is 24.0. The van der Waals surface area contributed by atoms with Crippen molar-refractivity contribution in [1.82, 2.24) is 29.7 Å². The van der Waals surface area contributed by atoms with Crippen molar-refractivity contribution in [1.29, 1.82) is 0 Å². The van der Waals surface area contributed by atoms with E-state index >= 15 is 0 Å². The fraction of sp³-hybridized carbons (Fsp3) is 0.520. The summed E-state index contributed by atoms with van der Waals surface area (Å²) in [7, 11) is 0. The summed E-state index contributed by atoms with van der Waals surface area (Å²) in [6.07, 6.45) is 7.19. The van der Waals surface area contributed by atoms with E-state index < -0.39 is 0 Å². The third-order valence-electron chi connectivity index (χ3n) is 6.77. The van der Waals surface area contributed by atoms with Crippen molar-refractivity contribution >= 4 is 28.5 Å². The number of aliphatic hydroxyl groups excluding tert-OH is 2. The van der Waals surface area contributed by atoms with Gasteiger partial charge in [-0.05, 0) is 37.0 Å². The predicted molar refractivity (Wildman–Crippen MR) is 136 cm³/mol. The third-order valence-corrected chi connectivity index (χ3v) is 6.77. The van der Waals surface area contributed by atoms with Crippen LogP contribution in [0.4, 0.5) is 17.6 Å². The highest BCUT2D eigenvalue weighted by atomic mass is 16.3. The molecule has 0 amide bonds. The SMILES string of the molecule is OCCN1CCN(Cc2ccc(Nc3ncc4cc(CO)nc(N5CCCCC5)c4n3)nc2)CC1. The van der Waals surface area contributed by atoms with Crippen LogP contribution in [0.25, 0.3) is 10.9 Å². The minimum Gasteiger partial charge on any atom is -0.395 e. The second kappa shape index (κ2) is 11.2. The topological polar surface area (TPSA) is 114 Å². The standard InChI is InChI=1S/C25H34N8O2/c34-13-12-31-8-10-32(11-9-31)17-19-4-5-22(26-15-19)29-25-27-16-20-14-21(18-35)28-24(23(20)30-25)33-6-2-1-3-7-33/h4-5,14-16,34-35H,1-3,6-13,17-18H2,(H,26,27,29,30). The van der Waals surface area contributed by atoms with Crippen LogP contribution >= 0.6 is 0 Å². The molecule has 3 N–H and O–H groups in total. The molecule has 0 radical (unpaired) electrons. The monoisotopic (exact) mass is 478 g/mol. The highest BCUT2D eigenvalue weighted by molar-refractivity contribution is 5.89. The van der Waals surface area contributed by atoms with Gasteiger partial charge >= 0.3 is 0 Å². The fourth-order valence-electron chi connectivity index (χ4n) is 4.82. The van der Waals surface area contributed by atoms with E-state index in [1.54, 1.807) is 6.20 Å². The van der Waals surface area contributed by atoms with Gasteiger partial charge in [-0.1, -0.05) is 6.07 Å². The van der Waals surface area contributed by atoms with Crippen LogP contribution in [-0.4, -0.2) is 92.4 Å². The van der Waals surface area contributed by atoms with Gasteiger partial charge < -0.3 is 20.4 Å². The lowest BCUT2D eigenvalue weighted by Crippen LogP contribution is -2.46. The molecular formula is C25H34N8O2. The van der Waals surface area contributed by atoms with Gasteiger partial charge in [0.1, 0.15) is 11.3 Å². The minimum atomic E-state index is -0.106. The van der Waals surface area contributed by atoms with Crippen molar-refractivity contribution in [3.05, 3.63) is 41.9 Å². The molecule has 0 bridgehead atoms. The fourth-order valence-corrected chi connectivity index (χ4v) is 4.82. The highest BCUT2D eigenvalue weighted by Crippen LogP contribution is 2.28. The zero-order valence-corrected chi connectivity index (χ0v) is 20.1. The second-order valence-corrected chi connectivity index (χ2v) is 9.29. The average Bonchev–Trinajstić information content (AvgIpc) is 2.91. The summed E-state index contributed by atoms with van der Waals surface area (Å²) in [4.78, 5) is 25.5. The number of nitrogens with zero attached hydrogens (tertiary/aromatic N) is 7. The molecule has 5 heterocycles. The molecule has 0 spiro atoms.